The molecule has 204 valence electrons. The van der Waals surface area contributed by atoms with E-state index in [4.69, 9.17) is 11.6 Å². The Kier molecular flexibility index (Phi) is 6.79. The molecule has 1 heterocycles. The normalized spacial score (nSPS) is 12.9. The van der Waals surface area contributed by atoms with Gasteiger partial charge in [0.25, 0.3) is 0 Å². The lowest BCUT2D eigenvalue weighted by Crippen LogP contribution is -2.32. The van der Waals surface area contributed by atoms with Gasteiger partial charge in [-0.15, -0.1) is 0 Å². The van der Waals surface area contributed by atoms with Gasteiger partial charge in [-0.1, -0.05) is 115 Å². The highest BCUT2D eigenvalue weighted by Crippen LogP contribution is 2.42. The summed E-state index contributed by atoms with van der Waals surface area (Å²) in [6, 6.07) is 39.7. The number of nitrogens with zero attached hydrogens (tertiary/aromatic N) is 1. The molecule has 0 aromatic heterocycles. The molecule has 0 radical (unpaired) electrons. The van der Waals surface area contributed by atoms with Gasteiger partial charge in [-0.3, -0.25) is 14.5 Å². The first-order valence-electron chi connectivity index (χ1n) is 14.0. The van der Waals surface area contributed by atoms with Gasteiger partial charge in [-0.05, 0) is 62.0 Å². The summed E-state index contributed by atoms with van der Waals surface area (Å²) in [7, 11) is 0. The van der Waals surface area contributed by atoms with Crippen LogP contribution in [0.25, 0.3) is 32.7 Å². The maximum atomic E-state index is 13.5. The number of carbonyl (C=O) groups excluding carboxylic acids is 2. The van der Waals surface area contributed by atoms with E-state index < -0.39 is 0 Å². The molecule has 0 spiro atoms. The van der Waals surface area contributed by atoms with Gasteiger partial charge >= 0.3 is 0 Å². The third-order valence-electron chi connectivity index (χ3n) is 7.97. The van der Waals surface area contributed by atoms with Crippen LogP contribution in [0.5, 0.6) is 0 Å². The van der Waals surface area contributed by atoms with Crippen molar-refractivity contribution in [3.05, 3.63) is 149 Å². The van der Waals surface area contributed by atoms with Crippen molar-refractivity contribution in [1.82, 2.24) is 4.90 Å². The van der Waals surface area contributed by atoms with Gasteiger partial charge in [0.15, 0.2) is 5.78 Å². The fourth-order valence-electron chi connectivity index (χ4n) is 6.09. The molecule has 42 heavy (non-hydrogen) atoms. The predicted octanol–water partition coefficient (Wildman–Crippen LogP) is 8.50. The molecule has 0 unspecified atom stereocenters. The van der Waals surface area contributed by atoms with Crippen molar-refractivity contribution in [2.24, 2.45) is 0 Å². The van der Waals surface area contributed by atoms with E-state index in [1.807, 2.05) is 18.2 Å². The Morgan fingerprint density at radius 3 is 1.86 bits per heavy atom. The zero-order valence-corrected chi connectivity index (χ0v) is 23.6. The van der Waals surface area contributed by atoms with E-state index in [0.29, 0.717) is 34.9 Å². The quantitative estimate of drug-likeness (QED) is 0.213. The second-order valence-corrected chi connectivity index (χ2v) is 11.2. The molecule has 1 aliphatic heterocycles. The number of amides is 1. The molecule has 4 nitrogen and oxygen atoms in total. The molecule has 0 aliphatic carbocycles. The van der Waals surface area contributed by atoms with E-state index >= 15 is 0 Å². The number of anilines is 1. The highest BCUT2D eigenvalue weighted by molar-refractivity contribution is 6.31. The minimum Gasteiger partial charge on any atom is -0.324 e. The monoisotopic (exact) mass is 566 g/mol. The maximum absolute atomic E-state index is 13.5. The van der Waals surface area contributed by atoms with Gasteiger partial charge < -0.3 is 5.32 Å². The van der Waals surface area contributed by atoms with Crippen LogP contribution in [-0.2, 0) is 17.9 Å². The van der Waals surface area contributed by atoms with Crippen molar-refractivity contribution >= 4 is 50.5 Å². The topological polar surface area (TPSA) is 49.4 Å². The third kappa shape index (κ3) is 4.85. The zero-order valence-electron chi connectivity index (χ0n) is 22.8. The van der Waals surface area contributed by atoms with Crippen LogP contribution >= 0.6 is 11.6 Å². The summed E-state index contributed by atoms with van der Waals surface area (Å²) in [6.07, 6.45) is 0. The van der Waals surface area contributed by atoms with E-state index in [0.717, 1.165) is 0 Å². The Morgan fingerprint density at radius 1 is 0.667 bits per heavy atom. The molecule has 0 saturated heterocycles. The summed E-state index contributed by atoms with van der Waals surface area (Å²) in [5.74, 6) is -0.379. The lowest BCUT2D eigenvalue weighted by Gasteiger charge is -2.21. The first-order chi connectivity index (χ1) is 20.5. The average molecular weight is 567 g/mol. The van der Waals surface area contributed by atoms with Gasteiger partial charge in [0.2, 0.25) is 5.91 Å². The van der Waals surface area contributed by atoms with Crippen molar-refractivity contribution in [1.29, 1.82) is 0 Å². The zero-order chi connectivity index (χ0) is 28.6. The molecule has 6 aromatic rings. The predicted molar refractivity (Wildman–Crippen MR) is 171 cm³/mol. The number of rotatable bonds is 5. The van der Waals surface area contributed by atoms with Gasteiger partial charge in [-0.2, -0.15) is 0 Å². The molecule has 0 saturated carbocycles. The van der Waals surface area contributed by atoms with Crippen LogP contribution < -0.4 is 5.32 Å². The molecule has 1 aliphatic rings. The van der Waals surface area contributed by atoms with Crippen molar-refractivity contribution in [2.45, 2.75) is 13.1 Å². The highest BCUT2D eigenvalue weighted by atomic mass is 35.5. The molecule has 1 N–H and O–H groups in total. The fraction of sp³-hybridized carbons (Fsp3) is 0.0811. The lowest BCUT2D eigenvalue weighted by atomic mass is 9.88. The number of ketones is 1. The van der Waals surface area contributed by atoms with Crippen molar-refractivity contribution in [2.75, 3.05) is 11.9 Å². The molecule has 0 atom stereocenters. The number of hydrogen-bond acceptors (Lipinski definition) is 3. The van der Waals surface area contributed by atoms with Crippen LogP contribution in [0.3, 0.4) is 0 Å². The Hall–Kier alpha value is -4.77. The molecule has 0 fully saturated rings. The summed E-state index contributed by atoms with van der Waals surface area (Å²) < 4.78 is 0. The molecule has 1 amide bonds. The van der Waals surface area contributed by atoms with Crippen LogP contribution in [-0.4, -0.2) is 23.1 Å². The number of halogens is 1. The minimum atomic E-state index is -0.190. The summed E-state index contributed by atoms with van der Waals surface area (Å²) in [6.45, 7) is 1.40. The van der Waals surface area contributed by atoms with Crippen LogP contribution in [0.1, 0.15) is 27.0 Å². The fourth-order valence-corrected chi connectivity index (χ4v) is 6.26. The summed E-state index contributed by atoms with van der Waals surface area (Å²) >= 11 is 6.26. The number of benzene rings is 6. The number of hydrogen-bond donors (Lipinski definition) is 1. The van der Waals surface area contributed by atoms with E-state index in [1.165, 1.54) is 43.8 Å². The first-order valence-corrected chi connectivity index (χ1v) is 14.4. The highest BCUT2D eigenvalue weighted by Gasteiger charge is 2.25. The molecule has 7 rings (SSSR count). The number of carbonyl (C=O) groups is 2. The smallest absolute Gasteiger partial charge is 0.238 e. The van der Waals surface area contributed by atoms with Crippen LogP contribution in [0.15, 0.2) is 121 Å². The van der Waals surface area contributed by atoms with Crippen molar-refractivity contribution < 1.29 is 9.59 Å². The van der Waals surface area contributed by atoms with E-state index in [1.54, 1.807) is 30.3 Å². The molecule has 6 aromatic carbocycles. The minimum absolute atomic E-state index is 0.167. The van der Waals surface area contributed by atoms with Crippen LogP contribution in [0, 0.1) is 0 Å². The summed E-state index contributed by atoms with van der Waals surface area (Å²) in [4.78, 5) is 29.0. The van der Waals surface area contributed by atoms with Crippen molar-refractivity contribution in [3.63, 3.8) is 0 Å². The van der Waals surface area contributed by atoms with Crippen LogP contribution in [0.2, 0.25) is 5.02 Å². The van der Waals surface area contributed by atoms with Crippen LogP contribution in [0.4, 0.5) is 5.69 Å². The summed E-state index contributed by atoms with van der Waals surface area (Å²) in [5, 5.41) is 8.25. The van der Waals surface area contributed by atoms with Gasteiger partial charge in [0, 0.05) is 29.2 Å². The van der Waals surface area contributed by atoms with Gasteiger partial charge in [0.05, 0.1) is 12.2 Å². The Labute approximate surface area is 249 Å². The molecule has 0 bridgehead atoms. The van der Waals surface area contributed by atoms with Gasteiger partial charge in [-0.25, -0.2) is 0 Å². The maximum Gasteiger partial charge on any atom is 0.238 e. The Balaban J connectivity index is 1.24. The van der Waals surface area contributed by atoms with Gasteiger partial charge in [0.1, 0.15) is 0 Å². The van der Waals surface area contributed by atoms with E-state index in [9.17, 15) is 9.59 Å². The molecule has 5 heteroatoms. The Morgan fingerprint density at radius 2 is 1.24 bits per heavy atom. The Bertz CT molecular complexity index is 1910. The largest absolute Gasteiger partial charge is 0.324 e. The third-order valence-corrected chi connectivity index (χ3v) is 8.21. The van der Waals surface area contributed by atoms with E-state index in [-0.39, 0.29) is 18.2 Å². The standard InChI is InChI=1S/C37H27ClN2O2/c38-29-18-19-33(32(20-29)37(42)26-10-2-1-3-11-26)39-34(41)23-40-21-27-16-14-24-8-4-6-12-30(24)35(27)36-28(22-40)17-15-25-9-5-7-13-31(25)36/h1-20H,21-23H2,(H,39,41). The average Bonchev–Trinajstić information content (AvgIpc) is 3.18. The molecular formula is C37H27ClN2O2. The van der Waals surface area contributed by atoms with Crippen molar-refractivity contribution in [3.8, 4) is 11.1 Å². The summed E-state index contributed by atoms with van der Waals surface area (Å²) in [5.41, 5.74) is 6.19. The number of nitrogens with one attached hydrogen (secondary N) is 1. The number of fused-ring (bicyclic) bond motifs is 7. The lowest BCUT2D eigenvalue weighted by molar-refractivity contribution is -0.117. The second-order valence-electron chi connectivity index (χ2n) is 10.7. The molecular weight excluding hydrogens is 540 g/mol. The van der Waals surface area contributed by atoms with E-state index in [2.05, 4.69) is 83.0 Å². The SMILES string of the molecule is O=C(CN1Cc2ccc3ccccc3c2-c2c(ccc3ccccc23)C1)Nc1ccc(Cl)cc1C(=O)c1ccccc1. The second kappa shape index (κ2) is 10.9. The first kappa shape index (κ1) is 26.1.